The summed E-state index contributed by atoms with van der Waals surface area (Å²) in [4.78, 5) is 13.0. The van der Waals surface area contributed by atoms with Gasteiger partial charge in [0.05, 0.1) is 0 Å². The van der Waals surface area contributed by atoms with Crippen molar-refractivity contribution >= 4 is 5.97 Å². The summed E-state index contributed by atoms with van der Waals surface area (Å²) in [5, 5.41) is 9.19. The zero-order valence-electron chi connectivity index (χ0n) is 14.8. The average molecular weight is 309 g/mol. The fraction of sp³-hybridized carbons (Fsp3) is 0.737. The first-order valence-electron chi connectivity index (χ1n) is 8.97. The van der Waals surface area contributed by atoms with Crippen LogP contribution in [0.4, 0.5) is 0 Å². The largest absolute Gasteiger partial charge is 0.480 e. The predicted octanol–water partition coefficient (Wildman–Crippen LogP) is 5.73. The molecule has 0 spiro atoms. The molecule has 22 heavy (non-hydrogen) atoms. The number of carboxylic acid groups (broad SMARTS) is 1. The van der Waals surface area contributed by atoms with E-state index in [1.165, 1.54) is 51.4 Å². The number of hydrogen-bond acceptors (Lipinski definition) is 2. The van der Waals surface area contributed by atoms with Gasteiger partial charge in [0.15, 0.2) is 0 Å². The molecule has 1 N–H and O–H groups in total. The van der Waals surface area contributed by atoms with Gasteiger partial charge in [-0.05, 0) is 32.6 Å². The highest BCUT2D eigenvalue weighted by Gasteiger charge is 2.14. The molecule has 0 amide bonds. The number of aliphatic carboxylic acids is 1. The van der Waals surface area contributed by atoms with E-state index in [0.717, 1.165) is 12.8 Å². The van der Waals surface area contributed by atoms with Crippen molar-refractivity contribution in [1.82, 2.24) is 4.90 Å². The van der Waals surface area contributed by atoms with Gasteiger partial charge in [0, 0.05) is 12.4 Å². The van der Waals surface area contributed by atoms with E-state index in [1.807, 2.05) is 17.3 Å². The lowest BCUT2D eigenvalue weighted by Gasteiger charge is -2.20. The van der Waals surface area contributed by atoms with Crippen molar-refractivity contribution in [2.75, 3.05) is 0 Å². The molecule has 0 aromatic carbocycles. The van der Waals surface area contributed by atoms with Crippen LogP contribution in [0.25, 0.3) is 0 Å². The number of allylic oxidation sites excluding steroid dienone is 2. The van der Waals surface area contributed by atoms with Gasteiger partial charge in [-0.3, -0.25) is 0 Å². The van der Waals surface area contributed by atoms with Crippen molar-refractivity contribution in [2.24, 2.45) is 0 Å². The van der Waals surface area contributed by atoms with Gasteiger partial charge in [-0.25, -0.2) is 4.79 Å². The summed E-state index contributed by atoms with van der Waals surface area (Å²) >= 11 is 0. The molecule has 0 saturated heterocycles. The van der Waals surface area contributed by atoms with Gasteiger partial charge in [-0.2, -0.15) is 0 Å². The summed E-state index contributed by atoms with van der Waals surface area (Å²) in [5.74, 6) is -0.786. The van der Waals surface area contributed by atoms with Crippen LogP contribution < -0.4 is 0 Å². The molecule has 0 aliphatic heterocycles. The molecule has 0 aromatic rings. The molecule has 0 heterocycles. The maximum atomic E-state index is 11.2. The molecule has 0 aliphatic carbocycles. The summed E-state index contributed by atoms with van der Waals surface area (Å²) in [6.45, 7) is 6.14. The molecule has 1 atom stereocenters. The zero-order valence-corrected chi connectivity index (χ0v) is 14.8. The van der Waals surface area contributed by atoms with Crippen LogP contribution in [0.3, 0.4) is 0 Å². The van der Waals surface area contributed by atoms with E-state index in [4.69, 9.17) is 0 Å². The summed E-state index contributed by atoms with van der Waals surface area (Å²) in [6.07, 6.45) is 20.0. The van der Waals surface area contributed by atoms with Crippen LogP contribution in [0.1, 0.15) is 85.0 Å². The van der Waals surface area contributed by atoms with E-state index >= 15 is 0 Å². The summed E-state index contributed by atoms with van der Waals surface area (Å²) in [6, 6.07) is -0.515. The second kappa shape index (κ2) is 14.7. The summed E-state index contributed by atoms with van der Waals surface area (Å²) in [7, 11) is 0. The molecule has 3 nitrogen and oxygen atoms in total. The smallest absolute Gasteiger partial charge is 0.326 e. The van der Waals surface area contributed by atoms with Crippen molar-refractivity contribution in [3.8, 4) is 0 Å². The molecule has 0 aromatic heterocycles. The minimum Gasteiger partial charge on any atom is -0.480 e. The lowest BCUT2D eigenvalue weighted by molar-refractivity contribution is -0.140. The molecule has 0 radical (unpaired) electrons. The Morgan fingerprint density at radius 1 is 0.909 bits per heavy atom. The SMILES string of the molecule is CCCCCC/C=C/N(/C=C/CCCCCC)C(C)C(=O)O. The second-order valence-electron chi connectivity index (χ2n) is 5.93. The maximum absolute atomic E-state index is 11.2. The first-order chi connectivity index (χ1) is 10.6. The van der Waals surface area contributed by atoms with Gasteiger partial charge in [-0.1, -0.05) is 64.5 Å². The van der Waals surface area contributed by atoms with Gasteiger partial charge in [0.25, 0.3) is 0 Å². The van der Waals surface area contributed by atoms with Gasteiger partial charge < -0.3 is 10.0 Å². The first kappa shape index (κ1) is 20.8. The van der Waals surface area contributed by atoms with Crippen molar-refractivity contribution in [3.05, 3.63) is 24.6 Å². The highest BCUT2D eigenvalue weighted by molar-refractivity contribution is 5.73. The Kier molecular flexibility index (Phi) is 13.8. The number of carbonyl (C=O) groups is 1. The van der Waals surface area contributed by atoms with Crippen molar-refractivity contribution in [2.45, 2.75) is 91.0 Å². The Labute approximate surface area is 137 Å². The van der Waals surface area contributed by atoms with Gasteiger partial charge >= 0.3 is 5.97 Å². The Morgan fingerprint density at radius 2 is 1.36 bits per heavy atom. The lowest BCUT2D eigenvalue weighted by atomic mass is 10.1. The molecular formula is C19H35NO2. The minimum atomic E-state index is -0.786. The van der Waals surface area contributed by atoms with E-state index in [9.17, 15) is 9.90 Å². The predicted molar refractivity (Wildman–Crippen MR) is 94.7 cm³/mol. The fourth-order valence-electron chi connectivity index (χ4n) is 2.21. The number of nitrogens with zero attached hydrogens (tertiary/aromatic N) is 1. The quantitative estimate of drug-likeness (QED) is 0.417. The van der Waals surface area contributed by atoms with E-state index in [-0.39, 0.29) is 0 Å². The molecule has 0 fully saturated rings. The van der Waals surface area contributed by atoms with Crippen LogP contribution in [0.2, 0.25) is 0 Å². The highest BCUT2D eigenvalue weighted by Crippen LogP contribution is 2.08. The molecule has 128 valence electrons. The Morgan fingerprint density at radius 3 is 1.73 bits per heavy atom. The normalized spacial score (nSPS) is 13.0. The fourth-order valence-corrected chi connectivity index (χ4v) is 2.21. The number of rotatable bonds is 14. The third-order valence-corrected chi connectivity index (χ3v) is 3.81. The molecule has 3 heteroatoms. The standard InChI is InChI=1S/C19H35NO2/c1-4-6-8-10-12-14-16-20(18(3)19(21)22)17-15-13-11-9-7-5-2/h14-18H,4-13H2,1-3H3,(H,21,22)/b16-14+,17-15+. The monoisotopic (exact) mass is 309 g/mol. The molecule has 1 unspecified atom stereocenters. The molecule has 0 bridgehead atoms. The molecule has 0 aliphatic rings. The van der Waals surface area contributed by atoms with Crippen LogP contribution in [0, 0.1) is 0 Å². The average Bonchev–Trinajstić information content (AvgIpc) is 2.51. The van der Waals surface area contributed by atoms with Gasteiger partial charge in [0.2, 0.25) is 0 Å². The molecular weight excluding hydrogens is 274 g/mol. The maximum Gasteiger partial charge on any atom is 0.326 e. The van der Waals surface area contributed by atoms with Crippen LogP contribution in [-0.4, -0.2) is 22.0 Å². The van der Waals surface area contributed by atoms with Crippen molar-refractivity contribution in [3.63, 3.8) is 0 Å². The van der Waals surface area contributed by atoms with Gasteiger partial charge in [-0.15, -0.1) is 0 Å². The zero-order chi connectivity index (χ0) is 16.6. The van der Waals surface area contributed by atoms with E-state index < -0.39 is 12.0 Å². The lowest BCUT2D eigenvalue weighted by Crippen LogP contribution is -2.31. The Hall–Kier alpha value is -1.25. The van der Waals surface area contributed by atoms with Crippen LogP contribution in [-0.2, 0) is 4.79 Å². The third-order valence-electron chi connectivity index (χ3n) is 3.81. The molecule has 0 rings (SSSR count). The van der Waals surface area contributed by atoms with E-state index in [1.54, 1.807) is 6.92 Å². The van der Waals surface area contributed by atoms with Crippen molar-refractivity contribution < 1.29 is 9.90 Å². The summed E-state index contributed by atoms with van der Waals surface area (Å²) in [5.41, 5.74) is 0. The third kappa shape index (κ3) is 11.4. The topological polar surface area (TPSA) is 40.5 Å². The molecule has 0 saturated carbocycles. The van der Waals surface area contributed by atoms with E-state index in [2.05, 4.69) is 26.0 Å². The highest BCUT2D eigenvalue weighted by atomic mass is 16.4. The Balaban J connectivity index is 4.23. The van der Waals surface area contributed by atoms with Crippen LogP contribution >= 0.6 is 0 Å². The van der Waals surface area contributed by atoms with Gasteiger partial charge in [0.1, 0.15) is 6.04 Å². The number of unbranched alkanes of at least 4 members (excludes halogenated alkanes) is 8. The van der Waals surface area contributed by atoms with E-state index in [0.29, 0.717) is 0 Å². The van der Waals surface area contributed by atoms with Crippen LogP contribution in [0.15, 0.2) is 24.6 Å². The minimum absolute atomic E-state index is 0.515. The van der Waals surface area contributed by atoms with Crippen LogP contribution in [0.5, 0.6) is 0 Å². The first-order valence-corrected chi connectivity index (χ1v) is 8.97. The summed E-state index contributed by atoms with van der Waals surface area (Å²) < 4.78 is 0. The van der Waals surface area contributed by atoms with Crippen molar-refractivity contribution in [1.29, 1.82) is 0 Å². The number of carboxylic acids is 1. The Bertz CT molecular complexity index is 301. The number of hydrogen-bond donors (Lipinski definition) is 1. The second-order valence-corrected chi connectivity index (χ2v) is 5.93.